The summed E-state index contributed by atoms with van der Waals surface area (Å²) >= 11 is 0. The van der Waals surface area contributed by atoms with E-state index in [1.807, 2.05) is 0 Å². The van der Waals surface area contributed by atoms with Gasteiger partial charge in [0.1, 0.15) is 0 Å². The van der Waals surface area contributed by atoms with Gasteiger partial charge in [0.05, 0.1) is 0 Å². The number of hydrogen-bond donors (Lipinski definition) is 1. The van der Waals surface area contributed by atoms with Crippen LogP contribution in [0, 0.1) is 5.92 Å². The van der Waals surface area contributed by atoms with Crippen LogP contribution in [0.15, 0.2) is 12.2 Å². The lowest BCUT2D eigenvalue weighted by Crippen LogP contribution is -1.95. The van der Waals surface area contributed by atoms with Gasteiger partial charge in [-0.05, 0) is 31.6 Å². The average molecular weight is 126 g/mol. The fourth-order valence-corrected chi connectivity index (χ4v) is 1.45. The summed E-state index contributed by atoms with van der Waals surface area (Å²) in [5.41, 5.74) is 1.37. The van der Waals surface area contributed by atoms with Gasteiger partial charge in [0, 0.05) is 6.61 Å². The van der Waals surface area contributed by atoms with Crippen LogP contribution in [0.1, 0.15) is 25.7 Å². The molecule has 1 atom stereocenters. The van der Waals surface area contributed by atoms with Crippen LogP contribution in [0.5, 0.6) is 0 Å². The number of rotatable bonds is 2. The summed E-state index contributed by atoms with van der Waals surface area (Å²) in [5, 5.41) is 8.58. The average Bonchev–Trinajstić information content (AvgIpc) is 2.17. The molecular weight excluding hydrogens is 112 g/mol. The van der Waals surface area contributed by atoms with E-state index in [0.717, 1.165) is 18.8 Å². The lowest BCUT2D eigenvalue weighted by Gasteiger charge is -2.02. The maximum atomic E-state index is 8.58. The Hall–Kier alpha value is -0.300. The summed E-state index contributed by atoms with van der Waals surface area (Å²) in [4.78, 5) is 0. The quantitative estimate of drug-likeness (QED) is 0.558. The van der Waals surface area contributed by atoms with Crippen molar-refractivity contribution in [2.24, 2.45) is 5.92 Å². The molecule has 0 heterocycles. The molecule has 0 aromatic rings. The molecule has 0 saturated heterocycles. The van der Waals surface area contributed by atoms with Gasteiger partial charge in [0.15, 0.2) is 0 Å². The first-order valence-corrected chi connectivity index (χ1v) is 3.60. The van der Waals surface area contributed by atoms with Crippen molar-refractivity contribution in [3.8, 4) is 0 Å². The van der Waals surface area contributed by atoms with Gasteiger partial charge in [0.25, 0.3) is 0 Å². The molecule has 0 radical (unpaired) electrons. The van der Waals surface area contributed by atoms with E-state index in [4.69, 9.17) is 5.11 Å². The molecule has 9 heavy (non-hydrogen) atoms. The number of aliphatic hydroxyl groups excluding tert-OH is 1. The van der Waals surface area contributed by atoms with Crippen LogP contribution in [-0.2, 0) is 0 Å². The standard InChI is InChI=1S/C8H14O/c1-7-2-3-8(6-7)4-5-9/h8-9H,1-6H2. The molecular formula is C8H14O. The summed E-state index contributed by atoms with van der Waals surface area (Å²) < 4.78 is 0. The second-order valence-electron chi connectivity index (χ2n) is 2.87. The fraction of sp³-hybridized carbons (Fsp3) is 0.750. The zero-order chi connectivity index (χ0) is 6.69. The largest absolute Gasteiger partial charge is 0.396 e. The van der Waals surface area contributed by atoms with Crippen molar-refractivity contribution in [3.63, 3.8) is 0 Å². The van der Waals surface area contributed by atoms with Gasteiger partial charge in [-0.2, -0.15) is 0 Å². The van der Waals surface area contributed by atoms with Crippen molar-refractivity contribution < 1.29 is 5.11 Å². The highest BCUT2D eigenvalue weighted by Crippen LogP contribution is 2.30. The van der Waals surface area contributed by atoms with Crippen LogP contribution >= 0.6 is 0 Å². The van der Waals surface area contributed by atoms with Gasteiger partial charge >= 0.3 is 0 Å². The van der Waals surface area contributed by atoms with E-state index in [0.29, 0.717) is 6.61 Å². The lowest BCUT2D eigenvalue weighted by atomic mass is 10.1. The van der Waals surface area contributed by atoms with Gasteiger partial charge in [0.2, 0.25) is 0 Å². The Kier molecular flexibility index (Phi) is 2.29. The first-order chi connectivity index (χ1) is 4.33. The van der Waals surface area contributed by atoms with Crippen LogP contribution in [0.4, 0.5) is 0 Å². The SMILES string of the molecule is C=C1CCC(CCO)C1. The van der Waals surface area contributed by atoms with Gasteiger partial charge in [-0.1, -0.05) is 12.2 Å². The van der Waals surface area contributed by atoms with Crippen LogP contribution in [0.25, 0.3) is 0 Å². The van der Waals surface area contributed by atoms with Crippen LogP contribution in [-0.4, -0.2) is 11.7 Å². The predicted molar refractivity (Wildman–Crippen MR) is 38.2 cm³/mol. The van der Waals surface area contributed by atoms with E-state index in [9.17, 15) is 0 Å². The molecule has 1 N–H and O–H groups in total. The van der Waals surface area contributed by atoms with Crippen LogP contribution < -0.4 is 0 Å². The van der Waals surface area contributed by atoms with Crippen molar-refractivity contribution in [2.75, 3.05) is 6.61 Å². The van der Waals surface area contributed by atoms with Gasteiger partial charge in [-0.3, -0.25) is 0 Å². The van der Waals surface area contributed by atoms with E-state index < -0.39 is 0 Å². The maximum Gasteiger partial charge on any atom is 0.0433 e. The molecule has 1 rings (SSSR count). The van der Waals surface area contributed by atoms with Gasteiger partial charge in [-0.15, -0.1) is 0 Å². The molecule has 0 amide bonds. The molecule has 52 valence electrons. The molecule has 1 fully saturated rings. The smallest absolute Gasteiger partial charge is 0.0433 e. The lowest BCUT2D eigenvalue weighted by molar-refractivity contribution is 0.259. The second kappa shape index (κ2) is 3.02. The minimum absolute atomic E-state index is 0.345. The molecule has 1 unspecified atom stereocenters. The molecule has 1 heteroatoms. The maximum absolute atomic E-state index is 8.58. The van der Waals surface area contributed by atoms with Crippen LogP contribution in [0.3, 0.4) is 0 Å². The van der Waals surface area contributed by atoms with E-state index in [-0.39, 0.29) is 0 Å². The molecule has 0 bridgehead atoms. The van der Waals surface area contributed by atoms with Gasteiger partial charge in [-0.25, -0.2) is 0 Å². The van der Waals surface area contributed by atoms with Crippen LogP contribution in [0.2, 0.25) is 0 Å². The third kappa shape index (κ3) is 1.83. The van der Waals surface area contributed by atoms with Crippen molar-refractivity contribution in [1.29, 1.82) is 0 Å². The summed E-state index contributed by atoms with van der Waals surface area (Å²) in [5.74, 6) is 0.738. The van der Waals surface area contributed by atoms with Gasteiger partial charge < -0.3 is 5.11 Å². The van der Waals surface area contributed by atoms with E-state index in [1.165, 1.54) is 18.4 Å². The van der Waals surface area contributed by atoms with Crippen molar-refractivity contribution >= 4 is 0 Å². The second-order valence-corrected chi connectivity index (χ2v) is 2.87. The molecule has 1 aliphatic rings. The monoisotopic (exact) mass is 126 g/mol. The summed E-state index contributed by atoms with van der Waals surface area (Å²) in [6.45, 7) is 4.25. The number of allylic oxidation sites excluding steroid dienone is 1. The molecule has 0 aliphatic heterocycles. The zero-order valence-corrected chi connectivity index (χ0v) is 5.77. The first kappa shape index (κ1) is 6.81. The normalized spacial score (nSPS) is 27.2. The number of aliphatic hydroxyl groups is 1. The van der Waals surface area contributed by atoms with Crippen molar-refractivity contribution in [1.82, 2.24) is 0 Å². The molecule has 0 aromatic heterocycles. The predicted octanol–water partition coefficient (Wildman–Crippen LogP) is 1.73. The fourth-order valence-electron chi connectivity index (χ4n) is 1.45. The Morgan fingerprint density at radius 3 is 2.89 bits per heavy atom. The highest BCUT2D eigenvalue weighted by atomic mass is 16.3. The number of hydrogen-bond acceptors (Lipinski definition) is 1. The summed E-state index contributed by atoms with van der Waals surface area (Å²) in [6, 6.07) is 0. The third-order valence-corrected chi connectivity index (χ3v) is 2.02. The molecule has 1 aliphatic carbocycles. The highest BCUT2D eigenvalue weighted by molar-refractivity contribution is 5.01. The Bertz CT molecular complexity index is 107. The summed E-state index contributed by atoms with van der Waals surface area (Å²) in [7, 11) is 0. The van der Waals surface area contributed by atoms with E-state index in [2.05, 4.69) is 6.58 Å². The Morgan fingerprint density at radius 1 is 1.67 bits per heavy atom. The third-order valence-electron chi connectivity index (χ3n) is 2.02. The Morgan fingerprint density at radius 2 is 2.44 bits per heavy atom. The molecule has 0 aromatic carbocycles. The van der Waals surface area contributed by atoms with E-state index in [1.54, 1.807) is 0 Å². The first-order valence-electron chi connectivity index (χ1n) is 3.60. The zero-order valence-electron chi connectivity index (χ0n) is 5.77. The Balaban J connectivity index is 2.22. The van der Waals surface area contributed by atoms with Crippen molar-refractivity contribution in [3.05, 3.63) is 12.2 Å². The minimum atomic E-state index is 0.345. The van der Waals surface area contributed by atoms with E-state index >= 15 is 0 Å². The Labute approximate surface area is 56.4 Å². The van der Waals surface area contributed by atoms with Crippen molar-refractivity contribution in [2.45, 2.75) is 25.7 Å². The highest BCUT2D eigenvalue weighted by Gasteiger charge is 2.16. The minimum Gasteiger partial charge on any atom is -0.396 e. The molecule has 1 nitrogen and oxygen atoms in total. The summed E-state index contributed by atoms with van der Waals surface area (Å²) in [6.07, 6.45) is 4.56. The topological polar surface area (TPSA) is 20.2 Å². The molecule has 1 saturated carbocycles. The molecule has 0 spiro atoms.